The van der Waals surface area contributed by atoms with Crippen molar-refractivity contribution in [3.8, 4) is 5.75 Å². The Morgan fingerprint density at radius 2 is 1.92 bits per heavy atom. The van der Waals surface area contributed by atoms with Crippen LogP contribution in [0.15, 0.2) is 41.6 Å². The highest BCUT2D eigenvalue weighted by molar-refractivity contribution is 6.31. The van der Waals surface area contributed by atoms with Crippen LogP contribution in [0.1, 0.15) is 34.0 Å². The van der Waals surface area contributed by atoms with Gasteiger partial charge in [-0.3, -0.25) is 9.59 Å². The first-order valence-corrected chi connectivity index (χ1v) is 8.12. The van der Waals surface area contributed by atoms with Crippen molar-refractivity contribution in [3.63, 3.8) is 0 Å². The van der Waals surface area contributed by atoms with Gasteiger partial charge in [0.05, 0.1) is 7.11 Å². The van der Waals surface area contributed by atoms with Gasteiger partial charge in [0, 0.05) is 16.8 Å². The Labute approximate surface area is 152 Å². The van der Waals surface area contributed by atoms with Gasteiger partial charge >= 0.3 is 0 Å². The second-order valence-electron chi connectivity index (χ2n) is 5.90. The Morgan fingerprint density at radius 3 is 2.58 bits per heavy atom. The third-order valence-electron chi connectivity index (χ3n) is 3.79. The number of amides is 1. The van der Waals surface area contributed by atoms with Gasteiger partial charge < -0.3 is 14.9 Å². The smallest absolute Gasteiger partial charge is 0.270 e. The van der Waals surface area contributed by atoms with Gasteiger partial charge in [-0.15, -0.1) is 0 Å². The van der Waals surface area contributed by atoms with E-state index >= 15 is 0 Å². The van der Waals surface area contributed by atoms with E-state index in [9.17, 15) is 9.59 Å². The van der Waals surface area contributed by atoms with Crippen LogP contribution in [0.2, 0.25) is 0 Å². The van der Waals surface area contributed by atoms with Gasteiger partial charge in [0.15, 0.2) is 5.78 Å². The van der Waals surface area contributed by atoms with Crippen LogP contribution in [-0.4, -0.2) is 25.0 Å². The highest BCUT2D eigenvalue weighted by Gasteiger charge is 2.08. The van der Waals surface area contributed by atoms with Crippen LogP contribution in [0, 0.1) is 13.8 Å². The lowest BCUT2D eigenvalue weighted by atomic mass is 10.1. The second-order valence-corrected chi connectivity index (χ2v) is 5.90. The van der Waals surface area contributed by atoms with Crippen molar-refractivity contribution in [1.82, 2.24) is 0 Å². The standard InChI is InChI=1S/C20H22N2O4/c1-13-5-7-18(14(2)9-13)22-20(24)11-21-26-12-17-10-16(15(3)23)6-8-19(17)25-4/h5-11H,12H2,1-4H3,(H,22,24)/b21-11-. The molecule has 0 saturated heterocycles. The molecule has 1 amide bonds. The summed E-state index contributed by atoms with van der Waals surface area (Å²) >= 11 is 0. The molecule has 2 aromatic carbocycles. The number of Topliss-reactive ketones (excluding diaryl/α,β-unsaturated/α-hetero) is 1. The maximum Gasteiger partial charge on any atom is 0.270 e. The summed E-state index contributed by atoms with van der Waals surface area (Å²) in [5.41, 5.74) is 4.05. The summed E-state index contributed by atoms with van der Waals surface area (Å²) < 4.78 is 5.24. The third kappa shape index (κ3) is 5.17. The monoisotopic (exact) mass is 354 g/mol. The van der Waals surface area contributed by atoms with Crippen LogP contribution in [-0.2, 0) is 16.2 Å². The molecule has 6 nitrogen and oxygen atoms in total. The highest BCUT2D eigenvalue weighted by atomic mass is 16.6. The van der Waals surface area contributed by atoms with Crippen LogP contribution >= 0.6 is 0 Å². The van der Waals surface area contributed by atoms with E-state index in [0.29, 0.717) is 16.9 Å². The van der Waals surface area contributed by atoms with Crippen molar-refractivity contribution in [3.05, 3.63) is 58.7 Å². The number of ketones is 1. The van der Waals surface area contributed by atoms with Gasteiger partial charge in [-0.25, -0.2) is 0 Å². The number of rotatable bonds is 7. The minimum atomic E-state index is -0.388. The molecule has 0 saturated carbocycles. The van der Waals surface area contributed by atoms with Gasteiger partial charge in [0.2, 0.25) is 0 Å². The fourth-order valence-electron chi connectivity index (χ4n) is 2.42. The molecule has 0 atom stereocenters. The van der Waals surface area contributed by atoms with Crippen LogP contribution < -0.4 is 10.1 Å². The van der Waals surface area contributed by atoms with Gasteiger partial charge in [0.1, 0.15) is 18.6 Å². The molecule has 0 bridgehead atoms. The number of nitrogens with one attached hydrogen (secondary N) is 1. The van der Waals surface area contributed by atoms with E-state index in [0.717, 1.165) is 23.0 Å². The van der Waals surface area contributed by atoms with Gasteiger partial charge in [0.25, 0.3) is 5.91 Å². The molecule has 6 heteroatoms. The van der Waals surface area contributed by atoms with Crippen molar-refractivity contribution in [2.24, 2.45) is 5.16 Å². The Hall–Kier alpha value is -3.15. The molecule has 0 aliphatic rings. The molecule has 0 unspecified atom stereocenters. The predicted octanol–water partition coefficient (Wildman–Crippen LogP) is 3.66. The molecule has 0 fully saturated rings. The van der Waals surface area contributed by atoms with Crippen LogP contribution in [0.25, 0.3) is 0 Å². The molecule has 2 aromatic rings. The first kappa shape index (κ1) is 19.2. The number of aryl methyl sites for hydroxylation is 2. The number of hydrogen-bond donors (Lipinski definition) is 1. The second kappa shape index (κ2) is 8.80. The number of carbonyl (C=O) groups is 2. The minimum Gasteiger partial charge on any atom is -0.496 e. The van der Waals surface area contributed by atoms with Gasteiger partial charge in [-0.2, -0.15) is 0 Å². The number of methoxy groups -OCH3 is 1. The van der Waals surface area contributed by atoms with Crippen molar-refractivity contribution in [2.45, 2.75) is 27.4 Å². The van der Waals surface area contributed by atoms with E-state index in [-0.39, 0.29) is 18.3 Å². The number of anilines is 1. The molecule has 2 rings (SSSR count). The first-order chi connectivity index (χ1) is 12.4. The molecule has 26 heavy (non-hydrogen) atoms. The number of oxime groups is 1. The predicted molar refractivity (Wildman–Crippen MR) is 101 cm³/mol. The first-order valence-electron chi connectivity index (χ1n) is 8.12. The molecular weight excluding hydrogens is 332 g/mol. The Balaban J connectivity index is 1.95. The Bertz CT molecular complexity index is 844. The largest absolute Gasteiger partial charge is 0.496 e. The number of nitrogens with zero attached hydrogens (tertiary/aromatic N) is 1. The van der Waals surface area contributed by atoms with Crippen molar-refractivity contribution in [2.75, 3.05) is 12.4 Å². The van der Waals surface area contributed by atoms with Crippen LogP contribution in [0.4, 0.5) is 5.69 Å². The lowest BCUT2D eigenvalue weighted by Crippen LogP contribution is -2.13. The van der Waals surface area contributed by atoms with Gasteiger partial charge in [-0.05, 0) is 50.6 Å². The number of ether oxygens (including phenoxy) is 1. The molecule has 0 spiro atoms. The van der Waals surface area contributed by atoms with Gasteiger partial charge in [-0.1, -0.05) is 22.9 Å². The summed E-state index contributed by atoms with van der Waals surface area (Å²) in [7, 11) is 1.53. The quantitative estimate of drug-likeness (QED) is 0.468. The SMILES string of the molecule is COc1ccc(C(C)=O)cc1CO/N=C\C(=O)Nc1ccc(C)cc1C. The number of hydrogen-bond acceptors (Lipinski definition) is 5. The molecule has 0 radical (unpaired) electrons. The molecule has 0 aliphatic heterocycles. The van der Waals surface area contributed by atoms with E-state index in [1.165, 1.54) is 14.0 Å². The van der Waals surface area contributed by atoms with E-state index in [4.69, 9.17) is 9.57 Å². The summed E-state index contributed by atoms with van der Waals surface area (Å²) in [5, 5.41) is 6.43. The molecule has 0 heterocycles. The lowest BCUT2D eigenvalue weighted by Gasteiger charge is -2.09. The van der Waals surface area contributed by atoms with Crippen molar-refractivity contribution < 1.29 is 19.2 Å². The van der Waals surface area contributed by atoms with Crippen LogP contribution in [0.5, 0.6) is 5.75 Å². The van der Waals surface area contributed by atoms with Crippen LogP contribution in [0.3, 0.4) is 0 Å². The molecule has 136 valence electrons. The fraction of sp³-hybridized carbons (Fsp3) is 0.250. The lowest BCUT2D eigenvalue weighted by molar-refractivity contribution is -0.110. The van der Waals surface area contributed by atoms with Crippen molar-refractivity contribution >= 4 is 23.6 Å². The average Bonchev–Trinajstić information content (AvgIpc) is 2.61. The summed E-state index contributed by atoms with van der Waals surface area (Å²) in [4.78, 5) is 28.6. The van der Waals surface area contributed by atoms with E-state index in [1.54, 1.807) is 18.2 Å². The zero-order chi connectivity index (χ0) is 19.1. The van der Waals surface area contributed by atoms with E-state index < -0.39 is 0 Å². The topological polar surface area (TPSA) is 77.0 Å². The average molecular weight is 354 g/mol. The molecular formula is C20H22N2O4. The maximum atomic E-state index is 11.9. The summed E-state index contributed by atoms with van der Waals surface area (Å²) in [6, 6.07) is 10.8. The van der Waals surface area contributed by atoms with Crippen molar-refractivity contribution in [1.29, 1.82) is 0 Å². The maximum absolute atomic E-state index is 11.9. The zero-order valence-corrected chi connectivity index (χ0v) is 15.3. The summed E-state index contributed by atoms with van der Waals surface area (Å²) in [5.74, 6) is 0.150. The van der Waals surface area contributed by atoms with E-state index in [1.807, 2.05) is 32.0 Å². The number of benzene rings is 2. The highest BCUT2D eigenvalue weighted by Crippen LogP contribution is 2.21. The molecule has 0 aliphatic carbocycles. The minimum absolute atomic E-state index is 0.0507. The van der Waals surface area contributed by atoms with E-state index in [2.05, 4.69) is 10.5 Å². The molecule has 1 N–H and O–H groups in total. The Morgan fingerprint density at radius 1 is 1.15 bits per heavy atom. The summed E-state index contributed by atoms with van der Waals surface area (Å²) in [6.07, 6.45) is 1.07. The normalized spacial score (nSPS) is 10.6. The fourth-order valence-corrected chi connectivity index (χ4v) is 2.42. The molecule has 0 aromatic heterocycles. The number of carbonyl (C=O) groups excluding carboxylic acids is 2. The third-order valence-corrected chi connectivity index (χ3v) is 3.79. The Kier molecular flexibility index (Phi) is 6.49. The zero-order valence-electron chi connectivity index (χ0n) is 15.3. The summed E-state index contributed by atoms with van der Waals surface area (Å²) in [6.45, 7) is 5.48.